The molecule has 2 aliphatic rings. The van der Waals surface area contributed by atoms with Crippen molar-refractivity contribution >= 4 is 23.5 Å². The lowest BCUT2D eigenvalue weighted by atomic mass is 9.88. The number of piperidine rings is 1. The molecular formula is C27H34N4O4. The van der Waals surface area contributed by atoms with Crippen LogP contribution in [0.3, 0.4) is 0 Å². The lowest BCUT2D eigenvalue weighted by molar-refractivity contribution is -0.139. The minimum Gasteiger partial charge on any atom is -0.378 e. The summed E-state index contributed by atoms with van der Waals surface area (Å²) >= 11 is 0. The molecule has 2 aromatic carbocycles. The number of hydrogen-bond acceptors (Lipinski definition) is 4. The molecule has 2 aliphatic heterocycles. The minimum absolute atomic E-state index is 0.0526. The summed E-state index contributed by atoms with van der Waals surface area (Å²) in [6, 6.07) is 14.2. The van der Waals surface area contributed by atoms with Gasteiger partial charge >= 0.3 is 6.03 Å². The van der Waals surface area contributed by atoms with E-state index in [2.05, 4.69) is 10.6 Å². The van der Waals surface area contributed by atoms with Gasteiger partial charge in [0.2, 0.25) is 5.91 Å². The maximum absolute atomic E-state index is 13.5. The Morgan fingerprint density at radius 1 is 0.829 bits per heavy atom. The van der Waals surface area contributed by atoms with Crippen molar-refractivity contribution in [1.82, 2.24) is 15.1 Å². The Morgan fingerprint density at radius 2 is 1.40 bits per heavy atom. The minimum atomic E-state index is -0.635. The van der Waals surface area contributed by atoms with Gasteiger partial charge in [0.05, 0.1) is 13.2 Å². The van der Waals surface area contributed by atoms with Crippen molar-refractivity contribution in [3.8, 4) is 0 Å². The second-order valence-corrected chi connectivity index (χ2v) is 9.38. The third kappa shape index (κ3) is 6.39. The summed E-state index contributed by atoms with van der Waals surface area (Å²) in [5.41, 5.74) is 3.49. The molecule has 2 heterocycles. The molecule has 0 bridgehead atoms. The van der Waals surface area contributed by atoms with Gasteiger partial charge < -0.3 is 25.2 Å². The number of anilines is 1. The molecule has 2 N–H and O–H groups in total. The highest BCUT2D eigenvalue weighted by molar-refractivity contribution is 5.97. The van der Waals surface area contributed by atoms with Crippen molar-refractivity contribution in [2.75, 3.05) is 44.7 Å². The number of rotatable bonds is 5. The Bertz CT molecular complexity index is 1020. The highest BCUT2D eigenvalue weighted by atomic mass is 16.5. The second-order valence-electron chi connectivity index (χ2n) is 9.38. The van der Waals surface area contributed by atoms with E-state index in [0.717, 1.165) is 16.8 Å². The Balaban J connectivity index is 1.41. The lowest BCUT2D eigenvalue weighted by Gasteiger charge is -2.38. The van der Waals surface area contributed by atoms with Crippen molar-refractivity contribution in [3.05, 3.63) is 65.2 Å². The van der Waals surface area contributed by atoms with Gasteiger partial charge in [-0.1, -0.05) is 35.4 Å². The monoisotopic (exact) mass is 478 g/mol. The summed E-state index contributed by atoms with van der Waals surface area (Å²) in [6.45, 7) is 7.06. The van der Waals surface area contributed by atoms with E-state index >= 15 is 0 Å². The number of benzene rings is 2. The number of urea groups is 1. The molecule has 4 rings (SSSR count). The molecule has 1 unspecified atom stereocenters. The molecule has 2 aromatic rings. The first kappa shape index (κ1) is 24.7. The van der Waals surface area contributed by atoms with Gasteiger partial charge in [-0.2, -0.15) is 0 Å². The Hall–Kier alpha value is -3.39. The first-order valence-corrected chi connectivity index (χ1v) is 12.3. The molecular weight excluding hydrogens is 444 g/mol. The third-order valence-electron chi connectivity index (χ3n) is 6.79. The van der Waals surface area contributed by atoms with E-state index in [-0.39, 0.29) is 23.8 Å². The van der Waals surface area contributed by atoms with Crippen LogP contribution in [0.5, 0.6) is 0 Å². The van der Waals surface area contributed by atoms with Crippen LogP contribution in [0.2, 0.25) is 0 Å². The van der Waals surface area contributed by atoms with E-state index in [9.17, 15) is 14.4 Å². The van der Waals surface area contributed by atoms with Crippen molar-refractivity contribution in [2.24, 2.45) is 5.92 Å². The fraction of sp³-hybridized carbons (Fsp3) is 0.444. The molecule has 8 nitrogen and oxygen atoms in total. The first-order chi connectivity index (χ1) is 16.9. The van der Waals surface area contributed by atoms with E-state index in [1.807, 2.05) is 50.2 Å². The quantitative estimate of drug-likeness (QED) is 0.691. The third-order valence-corrected chi connectivity index (χ3v) is 6.79. The van der Waals surface area contributed by atoms with E-state index in [1.54, 1.807) is 21.9 Å². The van der Waals surface area contributed by atoms with Crippen molar-refractivity contribution in [1.29, 1.82) is 0 Å². The van der Waals surface area contributed by atoms with E-state index < -0.39 is 6.04 Å². The van der Waals surface area contributed by atoms with Crippen LogP contribution in [0.25, 0.3) is 0 Å². The molecule has 4 amide bonds. The largest absolute Gasteiger partial charge is 0.378 e. The normalized spacial score (nSPS) is 17.5. The molecule has 0 spiro atoms. The van der Waals surface area contributed by atoms with Gasteiger partial charge in [0.15, 0.2) is 0 Å². The molecule has 0 aliphatic carbocycles. The highest BCUT2D eigenvalue weighted by Gasteiger charge is 2.36. The molecule has 186 valence electrons. The average molecular weight is 479 g/mol. The van der Waals surface area contributed by atoms with Crippen LogP contribution in [-0.2, 0) is 9.53 Å². The van der Waals surface area contributed by atoms with E-state index in [4.69, 9.17) is 4.74 Å². The number of carbonyl (C=O) groups excluding carboxylic acids is 3. The van der Waals surface area contributed by atoms with Crippen molar-refractivity contribution < 1.29 is 19.1 Å². The molecule has 35 heavy (non-hydrogen) atoms. The van der Waals surface area contributed by atoms with Gasteiger partial charge in [-0.25, -0.2) is 4.79 Å². The highest BCUT2D eigenvalue weighted by Crippen LogP contribution is 2.24. The molecule has 1 atom stereocenters. The van der Waals surface area contributed by atoms with Crippen molar-refractivity contribution in [3.63, 3.8) is 0 Å². The summed E-state index contributed by atoms with van der Waals surface area (Å²) in [6.07, 6.45) is 1.27. The fourth-order valence-electron chi connectivity index (χ4n) is 4.57. The van der Waals surface area contributed by atoms with Crippen molar-refractivity contribution in [2.45, 2.75) is 32.7 Å². The molecule has 0 aromatic heterocycles. The van der Waals surface area contributed by atoms with Gasteiger partial charge in [0.25, 0.3) is 5.91 Å². The molecule has 0 saturated carbocycles. The predicted molar refractivity (Wildman–Crippen MR) is 134 cm³/mol. The number of nitrogens with zero attached hydrogens (tertiary/aromatic N) is 2. The van der Waals surface area contributed by atoms with E-state index in [0.29, 0.717) is 57.8 Å². The van der Waals surface area contributed by atoms with Crippen LogP contribution in [0, 0.1) is 19.8 Å². The van der Waals surface area contributed by atoms with Crippen LogP contribution >= 0.6 is 0 Å². The Labute approximate surface area is 206 Å². The Morgan fingerprint density at radius 3 is 2.00 bits per heavy atom. The number of hydrogen-bond donors (Lipinski definition) is 2. The molecule has 2 saturated heterocycles. The number of aryl methyl sites for hydroxylation is 2. The maximum Gasteiger partial charge on any atom is 0.321 e. The van der Waals surface area contributed by atoms with Crippen LogP contribution in [0.1, 0.15) is 34.3 Å². The lowest BCUT2D eigenvalue weighted by Crippen LogP contribution is -2.56. The number of amides is 4. The van der Waals surface area contributed by atoms with Crippen LogP contribution in [-0.4, -0.2) is 73.1 Å². The topological polar surface area (TPSA) is 91.0 Å². The average Bonchev–Trinajstić information content (AvgIpc) is 2.89. The van der Waals surface area contributed by atoms with Gasteiger partial charge in [-0.15, -0.1) is 0 Å². The molecule has 0 radical (unpaired) electrons. The van der Waals surface area contributed by atoms with Gasteiger partial charge in [-0.05, 0) is 56.9 Å². The van der Waals surface area contributed by atoms with Crippen LogP contribution in [0.4, 0.5) is 10.5 Å². The summed E-state index contributed by atoms with van der Waals surface area (Å²) in [5, 5.41) is 5.96. The summed E-state index contributed by atoms with van der Waals surface area (Å²) in [4.78, 5) is 42.8. The van der Waals surface area contributed by atoms with Crippen LogP contribution in [0.15, 0.2) is 48.5 Å². The van der Waals surface area contributed by atoms with Gasteiger partial charge in [-0.3, -0.25) is 9.59 Å². The fourth-order valence-corrected chi connectivity index (χ4v) is 4.57. The first-order valence-electron chi connectivity index (χ1n) is 12.3. The zero-order chi connectivity index (χ0) is 24.8. The molecule has 8 heteroatoms. The van der Waals surface area contributed by atoms with Gasteiger partial charge in [0, 0.05) is 37.4 Å². The number of carbonyl (C=O) groups is 3. The van der Waals surface area contributed by atoms with Crippen LogP contribution < -0.4 is 10.6 Å². The number of likely N-dealkylation sites (tertiary alicyclic amines) is 1. The number of ether oxygens (including phenoxy) is 1. The van der Waals surface area contributed by atoms with E-state index in [1.165, 1.54) is 0 Å². The zero-order valence-corrected chi connectivity index (χ0v) is 20.5. The maximum atomic E-state index is 13.5. The smallest absolute Gasteiger partial charge is 0.321 e. The number of morpholine rings is 1. The standard InChI is InChI=1S/C27H34N4O4/c1-19-3-7-22(8-4-19)25(32)29-24(26(33)30-15-17-35-18-16-30)21-11-13-31(14-12-21)27(34)28-23-9-5-20(2)6-10-23/h3-10,21,24H,11-18H2,1-2H3,(H,28,34)(H,29,32). The summed E-state index contributed by atoms with van der Waals surface area (Å²) in [7, 11) is 0. The predicted octanol–water partition coefficient (Wildman–Crippen LogP) is 3.20. The second kappa shape index (κ2) is 11.4. The van der Waals surface area contributed by atoms with Gasteiger partial charge in [0.1, 0.15) is 6.04 Å². The Kier molecular flexibility index (Phi) is 8.02. The zero-order valence-electron chi connectivity index (χ0n) is 20.5. The summed E-state index contributed by atoms with van der Waals surface area (Å²) < 4.78 is 5.40. The number of nitrogens with one attached hydrogen (secondary N) is 2. The summed E-state index contributed by atoms with van der Waals surface area (Å²) in [5.74, 6) is -0.379. The SMILES string of the molecule is Cc1ccc(NC(=O)N2CCC(C(NC(=O)c3ccc(C)cc3)C(=O)N3CCOCC3)CC2)cc1. The molecule has 2 fully saturated rings.